The molecular weight excluding hydrogens is 196 g/mol. The first-order chi connectivity index (χ1) is 7.45. The molecule has 0 fully saturated rings. The average Bonchev–Trinajstić information content (AvgIpc) is 2.54. The molecule has 1 aromatic heterocycles. The van der Waals surface area contributed by atoms with Gasteiger partial charge in [0.1, 0.15) is 0 Å². The molecule has 2 rings (SSSR count). The highest BCUT2D eigenvalue weighted by Gasteiger charge is 2.19. The molecule has 0 saturated carbocycles. The molecule has 0 spiro atoms. The van der Waals surface area contributed by atoms with Gasteiger partial charge in [-0.25, -0.2) is 0 Å². The summed E-state index contributed by atoms with van der Waals surface area (Å²) in [6, 6.07) is 6.71. The minimum atomic E-state index is 0.242. The highest BCUT2D eigenvalue weighted by molar-refractivity contribution is 5.82. The molecule has 0 atom stereocenters. The van der Waals surface area contributed by atoms with Crippen LogP contribution >= 0.6 is 0 Å². The monoisotopic (exact) mass is 216 g/mol. The maximum absolute atomic E-state index is 4.46. The molecule has 0 aliphatic carbocycles. The van der Waals surface area contributed by atoms with Crippen LogP contribution in [0.1, 0.15) is 38.4 Å². The third kappa shape index (κ3) is 1.62. The predicted molar refractivity (Wildman–Crippen MR) is 68.8 cm³/mol. The Morgan fingerprint density at radius 2 is 2.00 bits per heavy atom. The highest BCUT2D eigenvalue weighted by atomic mass is 15.3. The maximum atomic E-state index is 4.46. The van der Waals surface area contributed by atoms with Gasteiger partial charge in [0, 0.05) is 12.4 Å². The number of rotatable bonds is 2. The summed E-state index contributed by atoms with van der Waals surface area (Å²) in [6.45, 7) is 8.88. The van der Waals surface area contributed by atoms with Crippen LogP contribution in [-0.4, -0.2) is 9.78 Å². The van der Waals surface area contributed by atoms with E-state index < -0.39 is 0 Å². The van der Waals surface area contributed by atoms with Crippen LogP contribution in [0.15, 0.2) is 18.2 Å². The third-order valence-corrected chi connectivity index (χ3v) is 3.70. The second kappa shape index (κ2) is 3.62. The van der Waals surface area contributed by atoms with Crippen molar-refractivity contribution in [2.45, 2.75) is 39.5 Å². The number of nitrogens with zero attached hydrogens (tertiary/aromatic N) is 2. The van der Waals surface area contributed by atoms with E-state index in [1.807, 2.05) is 11.7 Å². The molecule has 86 valence electrons. The molecule has 0 aliphatic rings. The first-order valence-corrected chi connectivity index (χ1v) is 5.89. The van der Waals surface area contributed by atoms with Crippen molar-refractivity contribution in [3.63, 3.8) is 0 Å². The van der Waals surface area contributed by atoms with Crippen molar-refractivity contribution in [1.29, 1.82) is 0 Å². The van der Waals surface area contributed by atoms with Crippen LogP contribution in [-0.2, 0) is 12.5 Å². The summed E-state index contributed by atoms with van der Waals surface area (Å²) in [6.07, 6.45) is 1.15. The Morgan fingerprint density at radius 3 is 2.62 bits per heavy atom. The standard InChI is InChI=1S/C14H20N2/c1-6-14(3,4)11-7-8-12-10(2)15-16(5)13(12)9-11/h7-9H,6H2,1-5H3. The van der Waals surface area contributed by atoms with E-state index >= 15 is 0 Å². The Hall–Kier alpha value is -1.31. The molecule has 16 heavy (non-hydrogen) atoms. The predicted octanol–water partition coefficient (Wildman–Crippen LogP) is 3.57. The Bertz CT molecular complexity index is 521. The maximum Gasteiger partial charge on any atom is 0.0684 e. The Morgan fingerprint density at radius 1 is 1.31 bits per heavy atom. The van der Waals surface area contributed by atoms with Crippen LogP contribution in [0.3, 0.4) is 0 Å². The number of fused-ring (bicyclic) bond motifs is 1. The lowest BCUT2D eigenvalue weighted by molar-refractivity contribution is 0.506. The lowest BCUT2D eigenvalue weighted by atomic mass is 9.82. The van der Waals surface area contributed by atoms with Gasteiger partial charge in [0.15, 0.2) is 0 Å². The molecule has 0 saturated heterocycles. The molecule has 0 unspecified atom stereocenters. The number of hydrogen-bond donors (Lipinski definition) is 0. The smallest absolute Gasteiger partial charge is 0.0684 e. The van der Waals surface area contributed by atoms with Gasteiger partial charge in [-0.15, -0.1) is 0 Å². The van der Waals surface area contributed by atoms with E-state index in [4.69, 9.17) is 0 Å². The summed E-state index contributed by atoms with van der Waals surface area (Å²) in [7, 11) is 2.01. The fourth-order valence-electron chi connectivity index (χ4n) is 2.06. The van der Waals surface area contributed by atoms with E-state index in [1.54, 1.807) is 0 Å². The first-order valence-electron chi connectivity index (χ1n) is 5.89. The summed E-state index contributed by atoms with van der Waals surface area (Å²) in [4.78, 5) is 0. The SMILES string of the molecule is CCC(C)(C)c1ccc2c(C)nn(C)c2c1. The summed E-state index contributed by atoms with van der Waals surface area (Å²) >= 11 is 0. The van der Waals surface area contributed by atoms with Gasteiger partial charge in [0.05, 0.1) is 11.2 Å². The zero-order chi connectivity index (χ0) is 11.9. The number of hydrogen-bond acceptors (Lipinski definition) is 1. The number of benzene rings is 1. The molecule has 0 radical (unpaired) electrons. The van der Waals surface area contributed by atoms with Crippen LogP contribution in [0, 0.1) is 6.92 Å². The molecule has 2 aromatic rings. The molecule has 0 amide bonds. The lowest BCUT2D eigenvalue weighted by Crippen LogP contribution is -2.15. The van der Waals surface area contributed by atoms with Gasteiger partial charge in [-0.3, -0.25) is 4.68 Å². The van der Waals surface area contributed by atoms with E-state index in [0.717, 1.165) is 12.1 Å². The second-order valence-corrected chi connectivity index (χ2v) is 5.18. The van der Waals surface area contributed by atoms with Crippen LogP contribution in [0.2, 0.25) is 0 Å². The number of aromatic nitrogens is 2. The van der Waals surface area contributed by atoms with E-state index in [9.17, 15) is 0 Å². The number of aryl methyl sites for hydroxylation is 2. The molecule has 2 nitrogen and oxygen atoms in total. The topological polar surface area (TPSA) is 17.8 Å². The van der Waals surface area contributed by atoms with Crippen molar-refractivity contribution in [2.24, 2.45) is 7.05 Å². The van der Waals surface area contributed by atoms with Gasteiger partial charge in [0.2, 0.25) is 0 Å². The van der Waals surface area contributed by atoms with E-state index in [0.29, 0.717) is 0 Å². The summed E-state index contributed by atoms with van der Waals surface area (Å²) in [5, 5.41) is 5.72. The van der Waals surface area contributed by atoms with E-state index in [-0.39, 0.29) is 5.41 Å². The summed E-state index contributed by atoms with van der Waals surface area (Å²) in [5.41, 5.74) is 3.98. The third-order valence-electron chi connectivity index (χ3n) is 3.70. The minimum Gasteiger partial charge on any atom is -0.268 e. The second-order valence-electron chi connectivity index (χ2n) is 5.18. The molecule has 2 heteroatoms. The zero-order valence-electron chi connectivity index (χ0n) is 10.8. The molecule has 0 aliphatic heterocycles. The quantitative estimate of drug-likeness (QED) is 0.750. The fourth-order valence-corrected chi connectivity index (χ4v) is 2.06. The van der Waals surface area contributed by atoms with Gasteiger partial charge >= 0.3 is 0 Å². The normalized spacial score (nSPS) is 12.3. The summed E-state index contributed by atoms with van der Waals surface area (Å²) < 4.78 is 1.97. The van der Waals surface area contributed by atoms with Gasteiger partial charge in [-0.1, -0.05) is 32.9 Å². The van der Waals surface area contributed by atoms with Gasteiger partial charge in [-0.2, -0.15) is 5.10 Å². The van der Waals surface area contributed by atoms with Gasteiger partial charge < -0.3 is 0 Å². The molecular formula is C14H20N2. The Balaban J connectivity index is 2.64. The van der Waals surface area contributed by atoms with Crippen LogP contribution in [0.5, 0.6) is 0 Å². The van der Waals surface area contributed by atoms with E-state index in [1.165, 1.54) is 16.5 Å². The van der Waals surface area contributed by atoms with E-state index in [2.05, 4.69) is 51.0 Å². The molecule has 1 aromatic carbocycles. The van der Waals surface area contributed by atoms with Crippen LogP contribution in [0.4, 0.5) is 0 Å². The van der Waals surface area contributed by atoms with Gasteiger partial charge in [-0.05, 0) is 30.4 Å². The van der Waals surface area contributed by atoms with Crippen molar-refractivity contribution >= 4 is 10.9 Å². The van der Waals surface area contributed by atoms with Crippen molar-refractivity contribution in [3.8, 4) is 0 Å². The van der Waals surface area contributed by atoms with Crippen LogP contribution < -0.4 is 0 Å². The first kappa shape index (κ1) is 11.2. The average molecular weight is 216 g/mol. The highest BCUT2D eigenvalue weighted by Crippen LogP contribution is 2.29. The molecule has 0 N–H and O–H groups in total. The van der Waals surface area contributed by atoms with Crippen molar-refractivity contribution in [1.82, 2.24) is 9.78 Å². The van der Waals surface area contributed by atoms with Gasteiger partial charge in [0.25, 0.3) is 0 Å². The van der Waals surface area contributed by atoms with Crippen molar-refractivity contribution in [2.75, 3.05) is 0 Å². The molecule has 0 bridgehead atoms. The lowest BCUT2D eigenvalue weighted by Gasteiger charge is -2.23. The zero-order valence-corrected chi connectivity index (χ0v) is 10.8. The van der Waals surface area contributed by atoms with Crippen molar-refractivity contribution < 1.29 is 0 Å². The fraction of sp³-hybridized carbons (Fsp3) is 0.500. The Labute approximate surface area is 97.3 Å². The minimum absolute atomic E-state index is 0.242. The van der Waals surface area contributed by atoms with Crippen molar-refractivity contribution in [3.05, 3.63) is 29.5 Å². The largest absolute Gasteiger partial charge is 0.268 e. The Kier molecular flexibility index (Phi) is 2.53. The van der Waals surface area contributed by atoms with Crippen LogP contribution in [0.25, 0.3) is 10.9 Å². The molecule has 1 heterocycles. The summed E-state index contributed by atoms with van der Waals surface area (Å²) in [5.74, 6) is 0.